The Morgan fingerprint density at radius 3 is 2.39 bits per heavy atom. The summed E-state index contributed by atoms with van der Waals surface area (Å²) in [7, 11) is 1.69. The number of guanidine groups is 1. The first-order chi connectivity index (χ1) is 13.3. The fourth-order valence-electron chi connectivity index (χ4n) is 2.46. The van der Waals surface area contributed by atoms with Gasteiger partial charge in [-0.3, -0.25) is 0 Å². The molecule has 0 spiro atoms. The van der Waals surface area contributed by atoms with Gasteiger partial charge in [-0.15, -0.1) is 23.1 Å². The van der Waals surface area contributed by atoms with Gasteiger partial charge >= 0.3 is 0 Å². The Hall–Kier alpha value is -1.55. The molecule has 0 radical (unpaired) electrons. The molecule has 0 saturated carbocycles. The van der Waals surface area contributed by atoms with E-state index >= 15 is 0 Å². The minimum atomic E-state index is -3.39. The molecule has 9 heteroatoms. The van der Waals surface area contributed by atoms with Gasteiger partial charge < -0.3 is 10.2 Å². The van der Waals surface area contributed by atoms with Gasteiger partial charge in [0.25, 0.3) is 10.0 Å². The number of thioether (sulfide) groups is 1. The van der Waals surface area contributed by atoms with Crippen molar-refractivity contribution in [3.8, 4) is 0 Å². The van der Waals surface area contributed by atoms with Gasteiger partial charge in [0.1, 0.15) is 4.21 Å². The van der Waals surface area contributed by atoms with Gasteiger partial charge in [-0.2, -0.15) is 0 Å². The van der Waals surface area contributed by atoms with E-state index in [0.29, 0.717) is 10.8 Å². The number of nitrogens with zero attached hydrogens (tertiary/aromatic N) is 3. The van der Waals surface area contributed by atoms with Crippen molar-refractivity contribution in [2.24, 2.45) is 4.99 Å². The lowest BCUT2D eigenvalue weighted by atomic mass is 10.2. The Bertz CT molecular complexity index is 890. The summed E-state index contributed by atoms with van der Waals surface area (Å²) in [5.41, 5.74) is 1.21. The summed E-state index contributed by atoms with van der Waals surface area (Å²) in [4.78, 5) is 8.91. The maximum atomic E-state index is 12.2. The van der Waals surface area contributed by atoms with Crippen molar-refractivity contribution in [3.05, 3.63) is 46.8 Å². The molecule has 0 bridgehead atoms. The molecule has 1 N–H and O–H groups in total. The topological polar surface area (TPSA) is 65.0 Å². The minimum absolute atomic E-state index is 0.343. The van der Waals surface area contributed by atoms with Crippen LogP contribution in [0.2, 0.25) is 0 Å². The van der Waals surface area contributed by atoms with Crippen LogP contribution in [0.25, 0.3) is 0 Å². The zero-order valence-electron chi connectivity index (χ0n) is 17.0. The molecule has 2 aromatic rings. The fourth-order valence-corrected chi connectivity index (χ4v) is 5.32. The Morgan fingerprint density at radius 2 is 1.82 bits per heavy atom. The van der Waals surface area contributed by atoms with Crippen LogP contribution in [0.4, 0.5) is 0 Å². The van der Waals surface area contributed by atoms with Crippen LogP contribution < -0.4 is 5.32 Å². The van der Waals surface area contributed by atoms with Gasteiger partial charge in [0.15, 0.2) is 5.96 Å². The SMILES string of the molecule is CCNC(=NCc1ccc(S(=O)(=O)N(C)C)s1)N(C)Cc1ccc(SC)cc1. The molecule has 1 aromatic carbocycles. The van der Waals surface area contributed by atoms with Crippen molar-refractivity contribution >= 4 is 39.1 Å². The predicted molar refractivity (Wildman–Crippen MR) is 120 cm³/mol. The predicted octanol–water partition coefficient (Wildman–Crippen LogP) is 3.32. The Labute approximate surface area is 176 Å². The average molecular weight is 441 g/mol. The summed E-state index contributed by atoms with van der Waals surface area (Å²) in [6.45, 7) is 3.97. The molecule has 0 atom stereocenters. The lowest BCUT2D eigenvalue weighted by Crippen LogP contribution is -2.38. The van der Waals surface area contributed by atoms with Crippen LogP contribution in [-0.2, 0) is 23.1 Å². The van der Waals surface area contributed by atoms with Gasteiger partial charge in [-0.1, -0.05) is 12.1 Å². The summed E-state index contributed by atoms with van der Waals surface area (Å²) in [6.07, 6.45) is 2.07. The van der Waals surface area contributed by atoms with E-state index in [1.54, 1.807) is 17.8 Å². The monoisotopic (exact) mass is 440 g/mol. The summed E-state index contributed by atoms with van der Waals surface area (Å²) in [5.74, 6) is 0.793. The highest BCUT2D eigenvalue weighted by Gasteiger charge is 2.19. The van der Waals surface area contributed by atoms with Crippen molar-refractivity contribution in [3.63, 3.8) is 0 Å². The third kappa shape index (κ3) is 5.97. The van der Waals surface area contributed by atoms with E-state index in [0.717, 1.165) is 23.9 Å². The number of hydrogen-bond donors (Lipinski definition) is 1. The van der Waals surface area contributed by atoms with E-state index < -0.39 is 10.0 Å². The number of benzene rings is 1. The largest absolute Gasteiger partial charge is 0.357 e. The number of nitrogens with one attached hydrogen (secondary N) is 1. The highest BCUT2D eigenvalue weighted by Crippen LogP contribution is 2.24. The maximum absolute atomic E-state index is 12.2. The summed E-state index contributed by atoms with van der Waals surface area (Å²) >= 11 is 2.99. The minimum Gasteiger partial charge on any atom is -0.357 e. The van der Waals surface area contributed by atoms with Crippen LogP contribution in [0, 0.1) is 0 Å². The molecule has 28 heavy (non-hydrogen) atoms. The van der Waals surface area contributed by atoms with Gasteiger partial charge in [-0.25, -0.2) is 17.7 Å². The highest BCUT2D eigenvalue weighted by atomic mass is 32.2. The van der Waals surface area contributed by atoms with E-state index in [1.165, 1.54) is 40.2 Å². The Kier molecular flexibility index (Phi) is 8.36. The molecule has 1 heterocycles. The van der Waals surface area contributed by atoms with Crippen molar-refractivity contribution in [2.45, 2.75) is 29.1 Å². The van der Waals surface area contributed by atoms with Crippen molar-refractivity contribution in [2.75, 3.05) is 33.9 Å². The third-order valence-electron chi connectivity index (χ3n) is 4.03. The Balaban J connectivity index is 2.10. The van der Waals surface area contributed by atoms with Crippen LogP contribution in [0.5, 0.6) is 0 Å². The van der Waals surface area contributed by atoms with E-state index in [2.05, 4.69) is 45.7 Å². The average Bonchev–Trinajstić information content (AvgIpc) is 3.15. The quantitative estimate of drug-likeness (QED) is 0.388. The van der Waals surface area contributed by atoms with Crippen LogP contribution in [0.15, 0.2) is 50.5 Å². The van der Waals surface area contributed by atoms with Gasteiger partial charge in [0.05, 0.1) is 6.54 Å². The molecule has 6 nitrogen and oxygen atoms in total. The first kappa shape index (κ1) is 22.7. The van der Waals surface area contributed by atoms with Crippen LogP contribution in [0.3, 0.4) is 0 Å². The standard InChI is InChI=1S/C19H28N4O2S3/c1-6-20-19(23(4)14-15-7-9-16(26-5)10-8-15)21-13-17-11-12-18(27-17)28(24,25)22(2)3/h7-12H,6,13-14H2,1-5H3,(H,20,21). The first-order valence-electron chi connectivity index (χ1n) is 8.91. The smallest absolute Gasteiger partial charge is 0.252 e. The van der Waals surface area contributed by atoms with E-state index in [9.17, 15) is 8.42 Å². The molecule has 0 aliphatic heterocycles. The second kappa shape index (κ2) is 10.3. The lowest BCUT2D eigenvalue weighted by Gasteiger charge is -2.22. The summed E-state index contributed by atoms with van der Waals surface area (Å²) < 4.78 is 26.0. The van der Waals surface area contributed by atoms with Crippen LogP contribution in [0.1, 0.15) is 17.4 Å². The highest BCUT2D eigenvalue weighted by molar-refractivity contribution is 7.98. The van der Waals surface area contributed by atoms with E-state index in [-0.39, 0.29) is 0 Å². The molecule has 0 aliphatic rings. The van der Waals surface area contributed by atoms with Crippen molar-refractivity contribution in [1.29, 1.82) is 0 Å². The number of rotatable bonds is 8. The molecule has 0 saturated heterocycles. The lowest BCUT2D eigenvalue weighted by molar-refractivity contribution is 0.477. The molecule has 1 aromatic heterocycles. The molecule has 2 rings (SSSR count). The van der Waals surface area contributed by atoms with Crippen LogP contribution in [-0.4, -0.2) is 57.5 Å². The number of thiophene rings is 1. The molecule has 0 unspecified atom stereocenters. The molecular weight excluding hydrogens is 412 g/mol. The summed E-state index contributed by atoms with van der Waals surface area (Å²) in [5, 5.41) is 3.30. The number of aliphatic imine (C=N–C) groups is 1. The molecular formula is C19H28N4O2S3. The van der Waals surface area contributed by atoms with E-state index in [1.807, 2.05) is 20.0 Å². The zero-order chi connectivity index (χ0) is 20.7. The molecule has 0 aliphatic carbocycles. The van der Waals surface area contributed by atoms with Gasteiger partial charge in [-0.05, 0) is 43.0 Å². The van der Waals surface area contributed by atoms with Gasteiger partial charge in [0, 0.05) is 44.0 Å². The van der Waals surface area contributed by atoms with Gasteiger partial charge in [0.2, 0.25) is 0 Å². The third-order valence-corrected chi connectivity index (χ3v) is 8.13. The van der Waals surface area contributed by atoms with Crippen LogP contribution >= 0.6 is 23.1 Å². The molecule has 0 amide bonds. The molecule has 154 valence electrons. The maximum Gasteiger partial charge on any atom is 0.252 e. The van der Waals surface area contributed by atoms with E-state index in [4.69, 9.17) is 0 Å². The first-order valence-corrected chi connectivity index (χ1v) is 12.4. The molecule has 0 fully saturated rings. The normalized spacial score (nSPS) is 12.4. The number of hydrogen-bond acceptors (Lipinski definition) is 5. The second-order valence-corrected chi connectivity index (χ2v) is 10.8. The summed E-state index contributed by atoms with van der Waals surface area (Å²) in [6, 6.07) is 12.0. The zero-order valence-corrected chi connectivity index (χ0v) is 19.4. The number of sulfonamides is 1. The Morgan fingerprint density at radius 1 is 1.14 bits per heavy atom. The van der Waals surface area contributed by atoms with Crippen molar-refractivity contribution in [1.82, 2.24) is 14.5 Å². The fraction of sp³-hybridized carbons (Fsp3) is 0.421. The second-order valence-electron chi connectivity index (χ2n) is 6.38. The van der Waals surface area contributed by atoms with Crippen molar-refractivity contribution < 1.29 is 8.42 Å².